The maximum absolute atomic E-state index is 3.68. The van der Waals surface area contributed by atoms with Gasteiger partial charge < -0.3 is 5.32 Å². The minimum atomic E-state index is 0.655. The number of hydrogen-bond donors (Lipinski definition) is 1. The summed E-state index contributed by atoms with van der Waals surface area (Å²) < 4.78 is 0. The third-order valence-corrected chi connectivity index (χ3v) is 4.51. The van der Waals surface area contributed by atoms with E-state index >= 15 is 0 Å². The number of rotatable bonds is 6. The van der Waals surface area contributed by atoms with Gasteiger partial charge in [0.15, 0.2) is 0 Å². The van der Waals surface area contributed by atoms with Crippen molar-refractivity contribution >= 4 is 0 Å². The van der Waals surface area contributed by atoms with Crippen LogP contribution in [0, 0.1) is 26.2 Å². The van der Waals surface area contributed by atoms with Crippen LogP contribution < -0.4 is 5.32 Å². The lowest BCUT2D eigenvalue weighted by Crippen LogP contribution is -2.24. The molecule has 0 amide bonds. The SMILES string of the molecule is CCCC1(CNCc2cc(C)c(C)cc2C)CC1. The zero-order valence-electron chi connectivity index (χ0n) is 12.4. The minimum absolute atomic E-state index is 0.655. The van der Waals surface area contributed by atoms with E-state index in [0.717, 1.165) is 6.54 Å². The number of benzene rings is 1. The van der Waals surface area contributed by atoms with E-state index in [9.17, 15) is 0 Å². The fourth-order valence-electron chi connectivity index (χ4n) is 2.90. The Labute approximate surface area is 112 Å². The monoisotopic (exact) mass is 245 g/mol. The van der Waals surface area contributed by atoms with Gasteiger partial charge in [-0.3, -0.25) is 0 Å². The van der Waals surface area contributed by atoms with Crippen molar-refractivity contribution in [1.82, 2.24) is 5.32 Å². The Bertz CT molecular complexity index is 416. The highest BCUT2D eigenvalue weighted by atomic mass is 14.9. The molecule has 1 fully saturated rings. The summed E-state index contributed by atoms with van der Waals surface area (Å²) in [5.74, 6) is 0. The highest BCUT2D eigenvalue weighted by molar-refractivity contribution is 5.36. The minimum Gasteiger partial charge on any atom is -0.312 e. The van der Waals surface area contributed by atoms with Gasteiger partial charge in [-0.1, -0.05) is 25.5 Å². The van der Waals surface area contributed by atoms with E-state index in [1.807, 2.05) is 0 Å². The molecule has 0 spiro atoms. The fourth-order valence-corrected chi connectivity index (χ4v) is 2.90. The van der Waals surface area contributed by atoms with E-state index in [1.165, 1.54) is 54.5 Å². The summed E-state index contributed by atoms with van der Waals surface area (Å²) in [5.41, 5.74) is 6.35. The summed E-state index contributed by atoms with van der Waals surface area (Å²) in [6.07, 6.45) is 5.58. The largest absolute Gasteiger partial charge is 0.312 e. The second kappa shape index (κ2) is 5.44. The zero-order valence-corrected chi connectivity index (χ0v) is 12.4. The van der Waals surface area contributed by atoms with E-state index in [-0.39, 0.29) is 0 Å². The molecule has 0 heterocycles. The summed E-state index contributed by atoms with van der Waals surface area (Å²) in [6, 6.07) is 4.66. The predicted molar refractivity (Wildman–Crippen MR) is 78.9 cm³/mol. The average molecular weight is 245 g/mol. The molecular weight excluding hydrogens is 218 g/mol. The van der Waals surface area contributed by atoms with Crippen molar-refractivity contribution < 1.29 is 0 Å². The van der Waals surface area contributed by atoms with Crippen molar-refractivity contribution in [3.63, 3.8) is 0 Å². The summed E-state index contributed by atoms with van der Waals surface area (Å²) in [6.45, 7) is 11.2. The summed E-state index contributed by atoms with van der Waals surface area (Å²) in [5, 5.41) is 3.68. The lowest BCUT2D eigenvalue weighted by Gasteiger charge is -2.16. The van der Waals surface area contributed by atoms with E-state index < -0.39 is 0 Å². The lowest BCUT2D eigenvalue weighted by molar-refractivity contribution is 0.420. The Hall–Kier alpha value is -0.820. The van der Waals surface area contributed by atoms with Crippen LogP contribution in [0.5, 0.6) is 0 Å². The van der Waals surface area contributed by atoms with Gasteiger partial charge in [0, 0.05) is 13.1 Å². The van der Waals surface area contributed by atoms with Crippen LogP contribution in [0.4, 0.5) is 0 Å². The standard InChI is InChI=1S/C17H27N/c1-5-6-17(7-8-17)12-18-11-16-10-14(3)13(2)9-15(16)4/h9-10,18H,5-8,11-12H2,1-4H3. The molecule has 0 unspecified atom stereocenters. The van der Waals surface area contributed by atoms with Crippen LogP contribution in [0.1, 0.15) is 54.9 Å². The van der Waals surface area contributed by atoms with E-state index in [1.54, 1.807) is 0 Å². The van der Waals surface area contributed by atoms with Gasteiger partial charge >= 0.3 is 0 Å². The first kappa shape index (κ1) is 13.6. The van der Waals surface area contributed by atoms with Gasteiger partial charge in [-0.2, -0.15) is 0 Å². The Balaban J connectivity index is 1.89. The molecule has 0 aliphatic heterocycles. The average Bonchev–Trinajstić information content (AvgIpc) is 3.06. The molecule has 0 atom stereocenters. The molecule has 0 bridgehead atoms. The maximum Gasteiger partial charge on any atom is 0.0208 e. The summed E-state index contributed by atoms with van der Waals surface area (Å²) in [4.78, 5) is 0. The molecule has 1 saturated carbocycles. The Kier molecular flexibility index (Phi) is 4.11. The van der Waals surface area contributed by atoms with Gasteiger partial charge in [0.25, 0.3) is 0 Å². The highest BCUT2D eigenvalue weighted by Gasteiger charge is 2.40. The van der Waals surface area contributed by atoms with Crippen molar-refractivity contribution in [3.8, 4) is 0 Å². The first-order chi connectivity index (χ1) is 8.56. The molecule has 1 aliphatic rings. The van der Waals surface area contributed by atoms with Crippen molar-refractivity contribution in [1.29, 1.82) is 0 Å². The van der Waals surface area contributed by atoms with E-state index in [0.29, 0.717) is 5.41 Å². The van der Waals surface area contributed by atoms with Crippen molar-refractivity contribution in [3.05, 3.63) is 34.4 Å². The van der Waals surface area contributed by atoms with E-state index in [4.69, 9.17) is 0 Å². The van der Waals surface area contributed by atoms with Gasteiger partial charge in [-0.25, -0.2) is 0 Å². The van der Waals surface area contributed by atoms with Crippen LogP contribution in [0.15, 0.2) is 12.1 Å². The Morgan fingerprint density at radius 2 is 1.72 bits per heavy atom. The van der Waals surface area contributed by atoms with Crippen molar-refractivity contribution in [2.24, 2.45) is 5.41 Å². The first-order valence-electron chi connectivity index (χ1n) is 7.34. The molecule has 2 rings (SSSR count). The smallest absolute Gasteiger partial charge is 0.0208 e. The molecule has 0 radical (unpaired) electrons. The Morgan fingerprint density at radius 1 is 1.06 bits per heavy atom. The molecule has 1 aliphatic carbocycles. The van der Waals surface area contributed by atoms with Crippen LogP contribution in [0.3, 0.4) is 0 Å². The molecule has 0 aromatic heterocycles. The second-order valence-electron chi connectivity index (χ2n) is 6.22. The van der Waals surface area contributed by atoms with Crippen LogP contribution in [0.2, 0.25) is 0 Å². The van der Waals surface area contributed by atoms with Crippen molar-refractivity contribution in [2.45, 2.75) is 59.9 Å². The molecule has 100 valence electrons. The molecule has 18 heavy (non-hydrogen) atoms. The Morgan fingerprint density at radius 3 is 2.33 bits per heavy atom. The van der Waals surface area contributed by atoms with Gasteiger partial charge in [0.05, 0.1) is 0 Å². The van der Waals surface area contributed by atoms with Gasteiger partial charge in [-0.05, 0) is 67.7 Å². The first-order valence-corrected chi connectivity index (χ1v) is 7.34. The molecule has 1 aromatic rings. The van der Waals surface area contributed by atoms with Gasteiger partial charge in [0.2, 0.25) is 0 Å². The molecule has 1 N–H and O–H groups in total. The van der Waals surface area contributed by atoms with Crippen LogP contribution in [-0.2, 0) is 6.54 Å². The molecular formula is C17H27N. The van der Waals surface area contributed by atoms with Crippen LogP contribution >= 0.6 is 0 Å². The summed E-state index contributed by atoms with van der Waals surface area (Å²) in [7, 11) is 0. The quantitative estimate of drug-likeness (QED) is 0.788. The third kappa shape index (κ3) is 3.14. The maximum atomic E-state index is 3.68. The predicted octanol–water partition coefficient (Wildman–Crippen LogP) is 4.28. The fraction of sp³-hybridized carbons (Fsp3) is 0.647. The lowest BCUT2D eigenvalue weighted by atomic mass is 9.99. The molecule has 0 saturated heterocycles. The molecule has 1 heteroatoms. The zero-order chi connectivity index (χ0) is 13.2. The number of aryl methyl sites for hydroxylation is 3. The van der Waals surface area contributed by atoms with Crippen LogP contribution in [0.25, 0.3) is 0 Å². The van der Waals surface area contributed by atoms with E-state index in [2.05, 4.69) is 45.1 Å². The third-order valence-electron chi connectivity index (χ3n) is 4.51. The highest BCUT2D eigenvalue weighted by Crippen LogP contribution is 2.48. The van der Waals surface area contributed by atoms with Gasteiger partial charge in [-0.15, -0.1) is 0 Å². The number of hydrogen-bond acceptors (Lipinski definition) is 1. The van der Waals surface area contributed by atoms with Crippen molar-refractivity contribution in [2.75, 3.05) is 6.54 Å². The summed E-state index contributed by atoms with van der Waals surface area (Å²) >= 11 is 0. The molecule has 1 nitrogen and oxygen atoms in total. The number of nitrogens with one attached hydrogen (secondary N) is 1. The van der Waals surface area contributed by atoms with Gasteiger partial charge in [0.1, 0.15) is 0 Å². The molecule has 1 aromatic carbocycles. The second-order valence-corrected chi connectivity index (χ2v) is 6.22. The topological polar surface area (TPSA) is 12.0 Å². The van der Waals surface area contributed by atoms with Crippen LogP contribution in [-0.4, -0.2) is 6.54 Å². The normalized spacial score (nSPS) is 16.9.